The number of rotatable bonds is 2. The Balaban J connectivity index is 2.07. The van der Waals surface area contributed by atoms with Crippen LogP contribution in [0.3, 0.4) is 0 Å². The molecule has 0 saturated carbocycles. The van der Waals surface area contributed by atoms with E-state index in [1.807, 2.05) is 20.8 Å². The fourth-order valence-corrected chi connectivity index (χ4v) is 2.93. The summed E-state index contributed by atoms with van der Waals surface area (Å²) in [5.74, 6) is 0.0573. The van der Waals surface area contributed by atoms with E-state index in [1.165, 1.54) is 6.07 Å². The third-order valence-corrected chi connectivity index (χ3v) is 4.17. The zero-order valence-electron chi connectivity index (χ0n) is 15.0. The molecule has 1 unspecified atom stereocenters. The van der Waals surface area contributed by atoms with Gasteiger partial charge in [0.15, 0.2) is 0 Å². The number of carbonyl (C=O) groups excluding carboxylic acids is 1. The molecule has 0 aromatic carbocycles. The summed E-state index contributed by atoms with van der Waals surface area (Å²) in [7, 11) is 0. The molecular weight excluding hydrogens is 324 g/mol. The fraction of sp³-hybridized carbons (Fsp3) is 0.647. The molecule has 1 aromatic rings. The Hall–Kier alpha value is -2.38. The Kier molecular flexibility index (Phi) is 5.81. The van der Waals surface area contributed by atoms with E-state index in [4.69, 9.17) is 10.5 Å². The smallest absolute Gasteiger partial charge is 0.410 e. The van der Waals surface area contributed by atoms with Gasteiger partial charge in [-0.2, -0.15) is 0 Å². The first kappa shape index (κ1) is 19.0. The normalized spacial score (nSPS) is 19.0. The van der Waals surface area contributed by atoms with Crippen LogP contribution in [0.25, 0.3) is 0 Å². The van der Waals surface area contributed by atoms with Gasteiger partial charge in [0, 0.05) is 30.8 Å². The number of nitrogens with two attached hydrogens (primary N) is 1. The summed E-state index contributed by atoms with van der Waals surface area (Å²) in [6.07, 6.45) is 3.18. The Morgan fingerprint density at radius 2 is 2.04 bits per heavy atom. The van der Waals surface area contributed by atoms with E-state index in [2.05, 4.69) is 4.98 Å². The fourth-order valence-electron chi connectivity index (χ4n) is 2.93. The molecule has 0 aliphatic carbocycles. The van der Waals surface area contributed by atoms with Gasteiger partial charge in [0.05, 0.1) is 4.92 Å². The second kappa shape index (κ2) is 7.67. The maximum absolute atomic E-state index is 12.3. The first-order valence-corrected chi connectivity index (χ1v) is 8.56. The molecule has 0 bridgehead atoms. The van der Waals surface area contributed by atoms with Gasteiger partial charge >= 0.3 is 11.8 Å². The van der Waals surface area contributed by atoms with Gasteiger partial charge in [-0.15, -0.1) is 0 Å². The van der Waals surface area contributed by atoms with E-state index in [0.717, 1.165) is 31.4 Å². The highest BCUT2D eigenvalue weighted by molar-refractivity contribution is 5.68. The zero-order valence-corrected chi connectivity index (χ0v) is 15.0. The van der Waals surface area contributed by atoms with Crippen molar-refractivity contribution in [1.82, 2.24) is 9.88 Å². The molecule has 138 valence electrons. The molecule has 25 heavy (non-hydrogen) atoms. The number of nitrogen functional groups attached to an aromatic ring is 1. The van der Waals surface area contributed by atoms with E-state index in [1.54, 1.807) is 11.0 Å². The monoisotopic (exact) mass is 350 g/mol. The van der Waals surface area contributed by atoms with Crippen molar-refractivity contribution in [2.75, 3.05) is 18.8 Å². The predicted octanol–water partition coefficient (Wildman–Crippen LogP) is 3.47. The highest BCUT2D eigenvalue weighted by Crippen LogP contribution is 2.30. The van der Waals surface area contributed by atoms with Crippen LogP contribution < -0.4 is 5.73 Å². The quantitative estimate of drug-likeness (QED) is 0.645. The number of likely N-dealkylation sites (tertiary alicyclic amines) is 1. The van der Waals surface area contributed by atoms with Crippen LogP contribution in [0.5, 0.6) is 0 Å². The second-order valence-electron chi connectivity index (χ2n) is 7.35. The van der Waals surface area contributed by atoms with Crippen LogP contribution in [0, 0.1) is 10.1 Å². The number of hydrogen-bond donors (Lipinski definition) is 1. The lowest BCUT2D eigenvalue weighted by Gasteiger charge is -2.30. The number of pyridine rings is 1. The minimum absolute atomic E-state index is 0.0615. The molecule has 1 fully saturated rings. The molecule has 2 heterocycles. The van der Waals surface area contributed by atoms with Crippen molar-refractivity contribution < 1.29 is 14.5 Å². The van der Waals surface area contributed by atoms with Gasteiger partial charge < -0.3 is 15.4 Å². The molecule has 1 aliphatic heterocycles. The molecule has 1 aromatic heterocycles. The van der Waals surface area contributed by atoms with E-state index in [9.17, 15) is 14.9 Å². The first-order chi connectivity index (χ1) is 11.7. The van der Waals surface area contributed by atoms with Crippen LogP contribution in [0.4, 0.5) is 16.3 Å². The van der Waals surface area contributed by atoms with E-state index >= 15 is 0 Å². The third-order valence-electron chi connectivity index (χ3n) is 4.17. The summed E-state index contributed by atoms with van der Waals surface area (Å²) in [5.41, 5.74) is 5.75. The molecule has 8 nitrogen and oxygen atoms in total. The molecule has 1 saturated heterocycles. The van der Waals surface area contributed by atoms with E-state index in [0.29, 0.717) is 13.1 Å². The maximum Gasteiger partial charge on any atom is 0.410 e. The summed E-state index contributed by atoms with van der Waals surface area (Å²) in [5, 5.41) is 10.9. The predicted molar refractivity (Wildman–Crippen MR) is 94.3 cm³/mol. The number of amides is 1. The molecule has 2 N–H and O–H groups in total. The lowest BCUT2D eigenvalue weighted by atomic mass is 9.92. The van der Waals surface area contributed by atoms with Gasteiger partial charge in [-0.05, 0) is 46.1 Å². The molecule has 1 atom stereocenters. The summed E-state index contributed by atoms with van der Waals surface area (Å²) in [6.45, 7) is 6.79. The lowest BCUT2D eigenvalue weighted by molar-refractivity contribution is -0.384. The van der Waals surface area contributed by atoms with Crippen molar-refractivity contribution in [2.45, 2.75) is 58.0 Å². The average molecular weight is 350 g/mol. The Bertz CT molecular complexity index is 642. The lowest BCUT2D eigenvalue weighted by Crippen LogP contribution is -2.39. The van der Waals surface area contributed by atoms with Crippen LogP contribution in [0.15, 0.2) is 12.1 Å². The van der Waals surface area contributed by atoms with Crippen LogP contribution in [-0.4, -0.2) is 39.6 Å². The maximum atomic E-state index is 12.3. The number of anilines is 1. The van der Waals surface area contributed by atoms with Gasteiger partial charge in [-0.1, -0.05) is 6.42 Å². The summed E-state index contributed by atoms with van der Waals surface area (Å²) in [4.78, 5) is 28.6. The summed E-state index contributed by atoms with van der Waals surface area (Å²) in [6, 6.07) is 3.07. The molecule has 1 amide bonds. The minimum Gasteiger partial charge on any atom is -0.444 e. The van der Waals surface area contributed by atoms with Crippen molar-refractivity contribution in [2.24, 2.45) is 0 Å². The number of aromatic nitrogens is 1. The van der Waals surface area contributed by atoms with Gasteiger partial charge in [-0.3, -0.25) is 10.1 Å². The number of nitro groups is 1. The Morgan fingerprint density at radius 3 is 2.64 bits per heavy atom. The Labute approximate surface area is 147 Å². The van der Waals surface area contributed by atoms with Crippen molar-refractivity contribution in [3.05, 3.63) is 27.9 Å². The third kappa shape index (κ3) is 5.30. The summed E-state index contributed by atoms with van der Waals surface area (Å²) >= 11 is 0. The van der Waals surface area contributed by atoms with Crippen LogP contribution >= 0.6 is 0 Å². The Morgan fingerprint density at radius 1 is 1.32 bits per heavy atom. The standard InChI is InChI=1S/C17H26N4O4/c1-17(2,3)25-16(22)20-10-5-4-6-12(9-11-20)13-7-8-14(21(23)24)15(18)19-13/h7-8,12H,4-6,9-11H2,1-3H3,(H2,18,19). The number of carbonyl (C=O) groups is 1. The van der Waals surface area contributed by atoms with Crippen LogP contribution in [0.1, 0.15) is 58.1 Å². The van der Waals surface area contributed by atoms with Crippen LogP contribution in [0.2, 0.25) is 0 Å². The van der Waals surface area contributed by atoms with Gasteiger partial charge in [0.25, 0.3) is 0 Å². The average Bonchev–Trinajstić information content (AvgIpc) is 2.44. The van der Waals surface area contributed by atoms with Crippen molar-refractivity contribution in [3.8, 4) is 0 Å². The first-order valence-electron chi connectivity index (χ1n) is 8.56. The van der Waals surface area contributed by atoms with Gasteiger partial charge in [0.1, 0.15) is 5.60 Å². The SMILES string of the molecule is CC(C)(C)OC(=O)N1CCCCC(c2ccc([N+](=O)[O-])c(N)n2)CC1. The number of ether oxygens (including phenoxy) is 1. The van der Waals surface area contributed by atoms with Crippen molar-refractivity contribution >= 4 is 17.6 Å². The van der Waals surface area contributed by atoms with Crippen molar-refractivity contribution in [3.63, 3.8) is 0 Å². The molecule has 2 rings (SSSR count). The molecule has 0 spiro atoms. The molecular formula is C17H26N4O4. The molecule has 1 aliphatic rings. The largest absolute Gasteiger partial charge is 0.444 e. The minimum atomic E-state index is -0.533. The van der Waals surface area contributed by atoms with Crippen LogP contribution in [-0.2, 0) is 4.74 Å². The van der Waals surface area contributed by atoms with E-state index in [-0.39, 0.29) is 23.5 Å². The topological polar surface area (TPSA) is 112 Å². The van der Waals surface area contributed by atoms with E-state index < -0.39 is 10.5 Å². The van der Waals surface area contributed by atoms with Crippen molar-refractivity contribution in [1.29, 1.82) is 0 Å². The molecule has 8 heteroatoms. The number of nitrogens with zero attached hydrogens (tertiary/aromatic N) is 3. The number of hydrogen-bond acceptors (Lipinski definition) is 6. The van der Waals surface area contributed by atoms with Gasteiger partial charge in [-0.25, -0.2) is 9.78 Å². The van der Waals surface area contributed by atoms with Gasteiger partial charge in [0.2, 0.25) is 5.82 Å². The highest BCUT2D eigenvalue weighted by Gasteiger charge is 2.26. The second-order valence-corrected chi connectivity index (χ2v) is 7.35. The highest BCUT2D eigenvalue weighted by atomic mass is 16.6. The summed E-state index contributed by atoms with van der Waals surface area (Å²) < 4.78 is 5.45. The zero-order chi connectivity index (χ0) is 18.6. The molecule has 0 radical (unpaired) electrons.